The number of aliphatic hydroxyl groups is 3. The van der Waals surface area contributed by atoms with Crippen molar-refractivity contribution >= 4 is 35.0 Å². The van der Waals surface area contributed by atoms with Crippen molar-refractivity contribution in [3.8, 4) is 0 Å². The molecule has 31 heavy (non-hydrogen) atoms. The van der Waals surface area contributed by atoms with Gasteiger partial charge in [-0.2, -0.15) is 0 Å². The Bertz CT molecular complexity index is 1010. The number of fused-ring (bicyclic) bond motifs is 1. The quantitative estimate of drug-likeness (QED) is 0.403. The average molecular weight is 468 g/mol. The number of rotatable bonds is 6. The minimum Gasteiger partial charge on any atom is -0.394 e. The van der Waals surface area contributed by atoms with Gasteiger partial charge in [-0.05, 0) is 54.1 Å². The number of likely N-dealkylation sites (N-methyl/N-ethyl adjacent to an activating group) is 1. The summed E-state index contributed by atoms with van der Waals surface area (Å²) < 4.78 is 0. The molecule has 0 bridgehead atoms. The number of aliphatic hydroxyl groups excluding tert-OH is 2. The molecule has 2 unspecified atom stereocenters. The van der Waals surface area contributed by atoms with E-state index in [1.165, 1.54) is 6.07 Å². The van der Waals surface area contributed by atoms with Crippen LogP contribution in [0.1, 0.15) is 43.3 Å². The predicted octanol–water partition coefficient (Wildman–Crippen LogP) is 1.07. The zero-order valence-electron chi connectivity index (χ0n) is 16.7. The van der Waals surface area contributed by atoms with Crippen molar-refractivity contribution in [2.45, 2.75) is 24.8 Å². The van der Waals surface area contributed by atoms with Gasteiger partial charge in [0.2, 0.25) is 5.91 Å². The van der Waals surface area contributed by atoms with Gasteiger partial charge in [0.05, 0.1) is 6.61 Å². The van der Waals surface area contributed by atoms with Crippen LogP contribution in [0.15, 0.2) is 30.3 Å². The summed E-state index contributed by atoms with van der Waals surface area (Å²) in [6, 6.07) is 6.74. The van der Waals surface area contributed by atoms with Crippen LogP contribution < -0.4 is 11.1 Å². The summed E-state index contributed by atoms with van der Waals surface area (Å²) in [7, 11) is 1.93. The maximum atomic E-state index is 12.7. The molecule has 0 aromatic heterocycles. The molecule has 0 saturated carbocycles. The molecule has 8 nitrogen and oxygen atoms in total. The highest BCUT2D eigenvalue weighted by Gasteiger charge is 2.29. The first-order chi connectivity index (χ1) is 14.6. The van der Waals surface area contributed by atoms with Gasteiger partial charge in [0.15, 0.2) is 6.29 Å². The summed E-state index contributed by atoms with van der Waals surface area (Å²) in [6.45, 7) is 0.530. The van der Waals surface area contributed by atoms with Gasteiger partial charge in [0, 0.05) is 40.2 Å². The highest BCUT2D eigenvalue weighted by atomic mass is 35.5. The molecular weight excluding hydrogens is 445 g/mol. The largest absolute Gasteiger partial charge is 0.394 e. The Morgan fingerprint density at radius 3 is 2.48 bits per heavy atom. The molecular formula is C21H23Cl2N3O5. The fourth-order valence-electron chi connectivity index (χ4n) is 3.72. The topological polar surface area (TPSA) is 136 Å². The number of carbonyl (C=O) groups excluding carboxylic acids is 2. The molecule has 0 saturated heterocycles. The molecule has 0 spiro atoms. The molecule has 3 rings (SSSR count). The maximum absolute atomic E-state index is 12.7. The number of primary amides is 1. The van der Waals surface area contributed by atoms with E-state index in [-0.39, 0.29) is 17.0 Å². The van der Waals surface area contributed by atoms with Gasteiger partial charge >= 0.3 is 0 Å². The number of halogens is 2. The van der Waals surface area contributed by atoms with Gasteiger partial charge in [-0.15, -0.1) is 0 Å². The van der Waals surface area contributed by atoms with E-state index in [4.69, 9.17) is 28.9 Å². The molecule has 0 fully saturated rings. The van der Waals surface area contributed by atoms with Gasteiger partial charge < -0.3 is 31.3 Å². The van der Waals surface area contributed by atoms with Crippen molar-refractivity contribution in [1.29, 1.82) is 0 Å². The number of nitrogens with zero attached hydrogens (tertiary/aromatic N) is 1. The Balaban J connectivity index is 2.08. The molecule has 6 N–H and O–H groups in total. The van der Waals surface area contributed by atoms with Gasteiger partial charge in [-0.1, -0.05) is 23.2 Å². The Morgan fingerprint density at radius 1 is 1.19 bits per heavy atom. The number of nitrogens with one attached hydrogen (secondary N) is 1. The zero-order chi connectivity index (χ0) is 22.9. The molecule has 10 heteroatoms. The van der Waals surface area contributed by atoms with E-state index in [9.17, 15) is 24.9 Å². The van der Waals surface area contributed by atoms with Crippen LogP contribution in [-0.4, -0.2) is 64.6 Å². The minimum absolute atomic E-state index is 0.0910. The second-order valence-corrected chi connectivity index (χ2v) is 8.43. The Kier molecular flexibility index (Phi) is 7.20. The van der Waals surface area contributed by atoms with Crippen molar-refractivity contribution in [2.75, 3.05) is 20.2 Å². The Hall–Kier alpha value is -2.20. The van der Waals surface area contributed by atoms with Crippen LogP contribution in [0.5, 0.6) is 0 Å². The predicted molar refractivity (Wildman–Crippen MR) is 116 cm³/mol. The van der Waals surface area contributed by atoms with Crippen molar-refractivity contribution in [2.24, 2.45) is 5.73 Å². The second-order valence-electron chi connectivity index (χ2n) is 7.59. The molecule has 2 aromatic rings. The zero-order valence-corrected chi connectivity index (χ0v) is 18.2. The van der Waals surface area contributed by atoms with Crippen molar-refractivity contribution in [3.05, 3.63) is 68.2 Å². The summed E-state index contributed by atoms with van der Waals surface area (Å²) >= 11 is 12.6. The summed E-state index contributed by atoms with van der Waals surface area (Å²) in [5.41, 5.74) is 8.14. The van der Waals surface area contributed by atoms with Gasteiger partial charge in [-0.3, -0.25) is 9.59 Å². The lowest BCUT2D eigenvalue weighted by Gasteiger charge is -2.33. The van der Waals surface area contributed by atoms with Crippen LogP contribution in [0.25, 0.3) is 0 Å². The van der Waals surface area contributed by atoms with E-state index in [0.717, 1.165) is 11.1 Å². The molecule has 1 aliphatic rings. The lowest BCUT2D eigenvalue weighted by Crippen LogP contribution is -2.45. The van der Waals surface area contributed by atoms with Gasteiger partial charge in [-0.25, -0.2) is 0 Å². The fraction of sp³-hybridized carbons (Fsp3) is 0.333. The molecule has 1 heterocycles. The SMILES string of the molecule is CN1Cc2c(Cl)cc(Cl)cc2C(c2cc(C(N)=O)cc(C(=O)NC(CO)C(O)O)c2)C1. The first-order valence-corrected chi connectivity index (χ1v) is 10.2. The molecule has 2 aromatic carbocycles. The van der Waals surface area contributed by atoms with Crippen LogP contribution in [0.4, 0.5) is 0 Å². The van der Waals surface area contributed by atoms with Crippen molar-refractivity contribution < 1.29 is 24.9 Å². The number of carbonyl (C=O) groups is 2. The molecule has 0 aliphatic carbocycles. The lowest BCUT2D eigenvalue weighted by molar-refractivity contribution is -0.0755. The van der Waals surface area contributed by atoms with Crippen LogP contribution in [-0.2, 0) is 6.54 Å². The van der Waals surface area contributed by atoms with E-state index >= 15 is 0 Å². The number of amides is 2. The normalized spacial score (nSPS) is 17.3. The smallest absolute Gasteiger partial charge is 0.251 e. The van der Waals surface area contributed by atoms with E-state index < -0.39 is 30.8 Å². The third kappa shape index (κ3) is 5.17. The third-order valence-electron chi connectivity index (χ3n) is 5.27. The van der Waals surface area contributed by atoms with Gasteiger partial charge in [0.25, 0.3) is 5.91 Å². The van der Waals surface area contributed by atoms with E-state index in [0.29, 0.717) is 28.7 Å². The standard InChI is InChI=1S/C21H23Cl2N3O5/c1-26-7-15(14-5-13(22)6-17(23)16(14)8-26)10-2-11(19(24)28)4-12(3-10)20(29)25-18(9-27)21(30)31/h2-6,15,18,21,27,30-31H,7-9H2,1H3,(H2,24,28)(H,25,29). The fourth-order valence-corrected chi connectivity index (χ4v) is 4.29. The third-order valence-corrected chi connectivity index (χ3v) is 5.83. The summed E-state index contributed by atoms with van der Waals surface area (Å²) in [6.07, 6.45) is -1.95. The molecule has 166 valence electrons. The Labute approximate surface area is 189 Å². The van der Waals surface area contributed by atoms with E-state index in [2.05, 4.69) is 10.2 Å². The summed E-state index contributed by atoms with van der Waals surface area (Å²) in [4.78, 5) is 26.7. The Morgan fingerprint density at radius 2 is 1.87 bits per heavy atom. The highest BCUT2D eigenvalue weighted by Crippen LogP contribution is 2.38. The van der Waals surface area contributed by atoms with Crippen molar-refractivity contribution in [3.63, 3.8) is 0 Å². The first-order valence-electron chi connectivity index (χ1n) is 9.49. The van der Waals surface area contributed by atoms with Crippen LogP contribution >= 0.6 is 23.2 Å². The number of nitrogens with two attached hydrogens (primary N) is 1. The lowest BCUT2D eigenvalue weighted by atomic mass is 9.83. The first kappa shape index (κ1) is 23.5. The highest BCUT2D eigenvalue weighted by molar-refractivity contribution is 6.35. The second kappa shape index (κ2) is 9.52. The van der Waals surface area contributed by atoms with E-state index in [1.807, 2.05) is 13.1 Å². The number of hydrogen-bond donors (Lipinski definition) is 5. The molecule has 2 amide bonds. The summed E-state index contributed by atoms with van der Waals surface area (Å²) in [5, 5.41) is 31.1. The van der Waals surface area contributed by atoms with Crippen LogP contribution in [0.2, 0.25) is 10.0 Å². The van der Waals surface area contributed by atoms with Crippen LogP contribution in [0.3, 0.4) is 0 Å². The monoisotopic (exact) mass is 467 g/mol. The molecule has 1 aliphatic heterocycles. The maximum Gasteiger partial charge on any atom is 0.251 e. The van der Waals surface area contributed by atoms with Crippen molar-refractivity contribution in [1.82, 2.24) is 10.2 Å². The summed E-state index contributed by atoms with van der Waals surface area (Å²) in [5.74, 6) is -1.65. The molecule has 0 radical (unpaired) electrons. The minimum atomic E-state index is -1.95. The number of hydrogen-bond acceptors (Lipinski definition) is 6. The molecule has 2 atom stereocenters. The van der Waals surface area contributed by atoms with Gasteiger partial charge in [0.1, 0.15) is 6.04 Å². The van der Waals surface area contributed by atoms with E-state index in [1.54, 1.807) is 18.2 Å². The van der Waals surface area contributed by atoms with Crippen LogP contribution in [0, 0.1) is 0 Å². The average Bonchev–Trinajstić information content (AvgIpc) is 2.71. The number of benzene rings is 2.